The van der Waals surface area contributed by atoms with Gasteiger partial charge in [0.15, 0.2) is 0 Å². The van der Waals surface area contributed by atoms with E-state index in [1.807, 2.05) is 20.2 Å². The van der Waals surface area contributed by atoms with E-state index in [-0.39, 0.29) is 11.3 Å². The third-order valence-corrected chi connectivity index (χ3v) is 2.99. The van der Waals surface area contributed by atoms with Crippen molar-refractivity contribution in [3.05, 3.63) is 23.0 Å². The Morgan fingerprint density at radius 1 is 1.36 bits per heavy atom. The normalized spacial score (nSPS) is 11.0. The van der Waals surface area contributed by atoms with Crippen LogP contribution in [0, 0.1) is 24.1 Å². The molecular formula is C16H23FN4O. The van der Waals surface area contributed by atoms with E-state index in [2.05, 4.69) is 9.89 Å². The number of hydrogen-bond acceptors (Lipinski definition) is 4. The Morgan fingerprint density at radius 3 is 2.59 bits per heavy atom. The van der Waals surface area contributed by atoms with Crippen LogP contribution in [-0.2, 0) is 0 Å². The lowest BCUT2D eigenvalue weighted by Gasteiger charge is -2.14. The maximum absolute atomic E-state index is 14.3. The van der Waals surface area contributed by atoms with Gasteiger partial charge < -0.3 is 14.5 Å². The van der Waals surface area contributed by atoms with E-state index < -0.39 is 5.82 Å². The van der Waals surface area contributed by atoms with E-state index in [4.69, 9.17) is 10.00 Å². The molecule has 22 heavy (non-hydrogen) atoms. The SMILES string of the molecule is Cc1c(OCCCN(C)C)cc(N=CN(C)C)c(C#N)c1F. The summed E-state index contributed by atoms with van der Waals surface area (Å²) in [6.07, 6.45) is 2.37. The number of aliphatic imine (C=N–C) groups is 1. The Kier molecular flexibility index (Phi) is 6.80. The van der Waals surface area contributed by atoms with Crippen LogP contribution in [-0.4, -0.2) is 57.5 Å². The minimum atomic E-state index is -0.571. The molecule has 0 atom stereocenters. The summed E-state index contributed by atoms with van der Waals surface area (Å²) in [5.74, 6) is -0.139. The fourth-order valence-corrected chi connectivity index (χ4v) is 1.81. The predicted octanol–water partition coefficient (Wildman–Crippen LogP) is 2.56. The van der Waals surface area contributed by atoms with Gasteiger partial charge in [0.25, 0.3) is 0 Å². The third-order valence-electron chi connectivity index (χ3n) is 2.99. The molecule has 0 aliphatic heterocycles. The van der Waals surface area contributed by atoms with Crippen LogP contribution in [0.1, 0.15) is 17.5 Å². The molecule has 0 bridgehead atoms. The number of hydrogen-bond donors (Lipinski definition) is 0. The van der Waals surface area contributed by atoms with Crippen molar-refractivity contribution in [2.24, 2.45) is 4.99 Å². The molecule has 0 radical (unpaired) electrons. The zero-order valence-corrected chi connectivity index (χ0v) is 13.9. The van der Waals surface area contributed by atoms with Crippen LogP contribution >= 0.6 is 0 Å². The summed E-state index contributed by atoms with van der Waals surface area (Å²) in [6, 6.07) is 3.49. The molecule has 5 nitrogen and oxygen atoms in total. The fraction of sp³-hybridized carbons (Fsp3) is 0.500. The lowest BCUT2D eigenvalue weighted by Crippen LogP contribution is -2.15. The van der Waals surface area contributed by atoms with Crippen molar-refractivity contribution in [1.29, 1.82) is 5.26 Å². The molecule has 0 amide bonds. The van der Waals surface area contributed by atoms with Gasteiger partial charge in [0.2, 0.25) is 0 Å². The number of nitrogens with zero attached hydrogens (tertiary/aromatic N) is 4. The second kappa shape index (κ2) is 8.35. The molecule has 0 unspecified atom stereocenters. The Hall–Kier alpha value is -2.13. The number of nitriles is 1. The van der Waals surface area contributed by atoms with E-state index in [1.165, 1.54) is 6.34 Å². The van der Waals surface area contributed by atoms with Gasteiger partial charge in [-0.2, -0.15) is 5.26 Å². The van der Waals surface area contributed by atoms with Gasteiger partial charge in [-0.3, -0.25) is 0 Å². The Bertz CT molecular complexity index is 576. The molecule has 0 aliphatic rings. The first-order valence-electron chi connectivity index (χ1n) is 7.08. The number of benzene rings is 1. The monoisotopic (exact) mass is 306 g/mol. The standard InChI is InChI=1S/C16H23FN4O/c1-12-15(22-8-6-7-20(2)3)9-14(19-11-21(4)5)13(10-18)16(12)17/h9,11H,6-8H2,1-5H3. The van der Waals surface area contributed by atoms with Gasteiger partial charge in [-0.15, -0.1) is 0 Å². The van der Waals surface area contributed by atoms with Gasteiger partial charge in [-0.05, 0) is 27.4 Å². The van der Waals surface area contributed by atoms with Crippen LogP contribution in [0.25, 0.3) is 0 Å². The quantitative estimate of drug-likeness (QED) is 0.441. The van der Waals surface area contributed by atoms with E-state index in [0.717, 1.165) is 13.0 Å². The topological polar surface area (TPSA) is 51.9 Å². The summed E-state index contributed by atoms with van der Waals surface area (Å²) >= 11 is 0. The van der Waals surface area contributed by atoms with Crippen molar-refractivity contribution >= 4 is 12.0 Å². The second-order valence-corrected chi connectivity index (χ2v) is 5.53. The summed E-state index contributed by atoms with van der Waals surface area (Å²) in [5, 5.41) is 9.13. The van der Waals surface area contributed by atoms with E-state index in [1.54, 1.807) is 32.0 Å². The molecule has 1 aromatic carbocycles. The molecule has 1 rings (SSSR count). The Labute approximate surface area is 131 Å². The minimum Gasteiger partial charge on any atom is -0.493 e. The average Bonchev–Trinajstić information content (AvgIpc) is 2.45. The molecule has 0 saturated heterocycles. The lowest BCUT2D eigenvalue weighted by molar-refractivity contribution is 0.279. The molecule has 120 valence electrons. The van der Waals surface area contributed by atoms with Gasteiger partial charge in [0.1, 0.15) is 23.2 Å². The van der Waals surface area contributed by atoms with Crippen LogP contribution in [0.4, 0.5) is 10.1 Å². The maximum Gasteiger partial charge on any atom is 0.149 e. The first-order chi connectivity index (χ1) is 10.4. The first kappa shape index (κ1) is 17.9. The molecular weight excluding hydrogens is 283 g/mol. The zero-order valence-electron chi connectivity index (χ0n) is 13.9. The fourth-order valence-electron chi connectivity index (χ4n) is 1.81. The van der Waals surface area contributed by atoms with Gasteiger partial charge in [-0.1, -0.05) is 0 Å². The van der Waals surface area contributed by atoms with Crippen molar-refractivity contribution < 1.29 is 9.13 Å². The molecule has 1 aromatic rings. The largest absolute Gasteiger partial charge is 0.493 e. The Morgan fingerprint density at radius 2 is 2.05 bits per heavy atom. The van der Waals surface area contributed by atoms with E-state index in [9.17, 15) is 4.39 Å². The smallest absolute Gasteiger partial charge is 0.149 e. The zero-order chi connectivity index (χ0) is 16.7. The summed E-state index contributed by atoms with van der Waals surface area (Å²) in [7, 11) is 7.58. The summed E-state index contributed by atoms with van der Waals surface area (Å²) < 4.78 is 19.9. The highest BCUT2D eigenvalue weighted by Gasteiger charge is 2.16. The molecule has 0 fully saturated rings. The van der Waals surface area contributed by atoms with Gasteiger partial charge in [-0.25, -0.2) is 9.38 Å². The van der Waals surface area contributed by atoms with Gasteiger partial charge in [0, 0.05) is 32.3 Å². The molecule has 0 spiro atoms. The molecule has 0 aliphatic carbocycles. The van der Waals surface area contributed by atoms with Gasteiger partial charge >= 0.3 is 0 Å². The molecule has 0 saturated carbocycles. The number of rotatable bonds is 7. The highest BCUT2D eigenvalue weighted by Crippen LogP contribution is 2.32. The summed E-state index contributed by atoms with van der Waals surface area (Å²) in [5.41, 5.74) is 0.559. The van der Waals surface area contributed by atoms with Crippen LogP contribution in [0.15, 0.2) is 11.1 Å². The van der Waals surface area contributed by atoms with Crippen molar-refractivity contribution in [1.82, 2.24) is 9.80 Å². The van der Waals surface area contributed by atoms with E-state index >= 15 is 0 Å². The minimum absolute atomic E-state index is 0.0590. The third kappa shape index (κ3) is 5.01. The van der Waals surface area contributed by atoms with Crippen LogP contribution in [0.3, 0.4) is 0 Å². The van der Waals surface area contributed by atoms with Crippen LogP contribution in [0.5, 0.6) is 5.75 Å². The number of ether oxygens (including phenoxy) is 1. The number of halogens is 1. The average molecular weight is 306 g/mol. The summed E-state index contributed by atoms with van der Waals surface area (Å²) in [6.45, 7) is 2.99. The van der Waals surface area contributed by atoms with Crippen LogP contribution < -0.4 is 4.74 Å². The van der Waals surface area contributed by atoms with Crippen molar-refractivity contribution in [2.45, 2.75) is 13.3 Å². The molecule has 6 heteroatoms. The second-order valence-electron chi connectivity index (χ2n) is 5.53. The Balaban J connectivity index is 3.01. The van der Waals surface area contributed by atoms with Crippen molar-refractivity contribution in [3.8, 4) is 11.8 Å². The molecule has 0 heterocycles. The molecule has 0 aromatic heterocycles. The molecule has 0 N–H and O–H groups in total. The van der Waals surface area contributed by atoms with Crippen molar-refractivity contribution in [3.63, 3.8) is 0 Å². The van der Waals surface area contributed by atoms with Gasteiger partial charge in [0.05, 0.1) is 18.6 Å². The highest BCUT2D eigenvalue weighted by molar-refractivity contribution is 5.67. The van der Waals surface area contributed by atoms with Crippen LogP contribution in [0.2, 0.25) is 0 Å². The summed E-state index contributed by atoms with van der Waals surface area (Å²) in [4.78, 5) is 7.92. The van der Waals surface area contributed by atoms with E-state index in [0.29, 0.717) is 17.9 Å². The lowest BCUT2D eigenvalue weighted by atomic mass is 10.1. The van der Waals surface area contributed by atoms with Crippen molar-refractivity contribution in [2.75, 3.05) is 41.3 Å². The highest BCUT2D eigenvalue weighted by atomic mass is 19.1. The first-order valence-corrected chi connectivity index (χ1v) is 7.08. The maximum atomic E-state index is 14.3. The predicted molar refractivity (Wildman–Crippen MR) is 86.4 cm³/mol.